The minimum Gasteiger partial charge on any atom is -0.484 e. The van der Waals surface area contributed by atoms with Gasteiger partial charge >= 0.3 is 0 Å². The van der Waals surface area contributed by atoms with Crippen LogP contribution >= 0.6 is 0 Å². The van der Waals surface area contributed by atoms with E-state index in [1.54, 1.807) is 12.1 Å². The predicted molar refractivity (Wildman–Crippen MR) is 90.3 cm³/mol. The van der Waals surface area contributed by atoms with Gasteiger partial charge in [0.15, 0.2) is 6.61 Å². The number of ether oxygens (including phenoxy) is 1. The van der Waals surface area contributed by atoms with Gasteiger partial charge in [-0.2, -0.15) is 0 Å². The van der Waals surface area contributed by atoms with Crippen molar-refractivity contribution in [2.24, 2.45) is 0 Å². The lowest BCUT2D eigenvalue weighted by Gasteiger charge is -2.10. The quantitative estimate of drug-likeness (QED) is 0.788. The Morgan fingerprint density at radius 2 is 1.83 bits per heavy atom. The highest BCUT2D eigenvalue weighted by atomic mass is 16.5. The Bertz CT molecular complexity index is 596. The van der Waals surface area contributed by atoms with Crippen molar-refractivity contribution < 1.29 is 14.6 Å². The second-order valence-corrected chi connectivity index (χ2v) is 5.37. The zero-order valence-corrected chi connectivity index (χ0v) is 13.4. The van der Waals surface area contributed by atoms with Gasteiger partial charge in [0.1, 0.15) is 5.75 Å². The molecular formula is C19H23NO3. The van der Waals surface area contributed by atoms with E-state index in [0.717, 1.165) is 12.0 Å². The molecule has 0 saturated heterocycles. The molecule has 23 heavy (non-hydrogen) atoms. The lowest BCUT2D eigenvalue weighted by molar-refractivity contribution is -0.123. The summed E-state index contributed by atoms with van der Waals surface area (Å²) in [5.41, 5.74) is 2.05. The molecule has 122 valence electrons. The van der Waals surface area contributed by atoms with Crippen molar-refractivity contribution in [3.63, 3.8) is 0 Å². The minimum absolute atomic E-state index is 0.00946. The number of carbonyl (C=O) groups excluding carboxylic acids is 1. The van der Waals surface area contributed by atoms with E-state index in [0.29, 0.717) is 18.7 Å². The maximum Gasteiger partial charge on any atom is 0.257 e. The normalized spacial score (nSPS) is 11.7. The van der Waals surface area contributed by atoms with Gasteiger partial charge in [-0.05, 0) is 36.1 Å². The molecule has 0 spiro atoms. The third kappa shape index (κ3) is 5.75. The van der Waals surface area contributed by atoms with E-state index in [1.807, 2.05) is 49.4 Å². The molecule has 0 heterocycles. The number of aliphatic hydroxyl groups excluding tert-OH is 1. The van der Waals surface area contributed by atoms with Crippen molar-refractivity contribution >= 4 is 5.91 Å². The van der Waals surface area contributed by atoms with Crippen LogP contribution < -0.4 is 10.1 Å². The average molecular weight is 313 g/mol. The van der Waals surface area contributed by atoms with Crippen LogP contribution in [0.3, 0.4) is 0 Å². The second-order valence-electron chi connectivity index (χ2n) is 5.37. The van der Waals surface area contributed by atoms with Crippen LogP contribution in [0.2, 0.25) is 0 Å². The SMILES string of the molecule is CCC(O)c1ccc(OCC(=O)NCCc2ccccc2)cc1. The van der Waals surface area contributed by atoms with Crippen LogP contribution in [0.4, 0.5) is 0 Å². The van der Waals surface area contributed by atoms with E-state index in [1.165, 1.54) is 5.56 Å². The Hall–Kier alpha value is -2.33. The largest absolute Gasteiger partial charge is 0.484 e. The third-order valence-corrected chi connectivity index (χ3v) is 3.60. The first kappa shape index (κ1) is 17.0. The summed E-state index contributed by atoms with van der Waals surface area (Å²) in [4.78, 5) is 11.8. The van der Waals surface area contributed by atoms with Gasteiger partial charge in [0.05, 0.1) is 6.10 Å². The number of hydrogen-bond acceptors (Lipinski definition) is 3. The molecule has 0 saturated carbocycles. The van der Waals surface area contributed by atoms with Crippen LogP contribution in [-0.2, 0) is 11.2 Å². The van der Waals surface area contributed by atoms with Gasteiger partial charge in [0.2, 0.25) is 0 Å². The summed E-state index contributed by atoms with van der Waals surface area (Å²) in [5.74, 6) is 0.480. The average Bonchev–Trinajstić information content (AvgIpc) is 2.60. The molecule has 1 atom stereocenters. The van der Waals surface area contributed by atoms with E-state index in [-0.39, 0.29) is 12.5 Å². The monoisotopic (exact) mass is 313 g/mol. The number of benzene rings is 2. The zero-order valence-electron chi connectivity index (χ0n) is 13.4. The number of carbonyl (C=O) groups is 1. The Morgan fingerprint density at radius 3 is 2.48 bits per heavy atom. The molecular weight excluding hydrogens is 290 g/mol. The lowest BCUT2D eigenvalue weighted by Crippen LogP contribution is -2.30. The number of hydrogen-bond donors (Lipinski definition) is 2. The fraction of sp³-hybridized carbons (Fsp3) is 0.316. The van der Waals surface area contributed by atoms with Gasteiger partial charge in [0, 0.05) is 6.54 Å². The van der Waals surface area contributed by atoms with Crippen molar-refractivity contribution in [1.29, 1.82) is 0 Å². The maximum atomic E-state index is 11.8. The molecule has 0 aliphatic rings. The molecule has 4 nitrogen and oxygen atoms in total. The van der Waals surface area contributed by atoms with Crippen molar-refractivity contribution in [1.82, 2.24) is 5.32 Å². The zero-order chi connectivity index (χ0) is 16.5. The topological polar surface area (TPSA) is 58.6 Å². The summed E-state index contributed by atoms with van der Waals surface area (Å²) in [6, 6.07) is 17.2. The van der Waals surface area contributed by atoms with E-state index in [2.05, 4.69) is 5.32 Å². The Morgan fingerprint density at radius 1 is 1.13 bits per heavy atom. The first-order valence-corrected chi connectivity index (χ1v) is 7.90. The highest BCUT2D eigenvalue weighted by molar-refractivity contribution is 5.77. The van der Waals surface area contributed by atoms with Gasteiger partial charge < -0.3 is 15.2 Å². The molecule has 0 fully saturated rings. The van der Waals surface area contributed by atoms with Crippen molar-refractivity contribution in [2.75, 3.05) is 13.2 Å². The maximum absolute atomic E-state index is 11.8. The van der Waals surface area contributed by atoms with Crippen LogP contribution in [0.1, 0.15) is 30.6 Å². The van der Waals surface area contributed by atoms with E-state index >= 15 is 0 Å². The van der Waals surface area contributed by atoms with Crippen LogP contribution in [0.25, 0.3) is 0 Å². The summed E-state index contributed by atoms with van der Waals surface area (Å²) < 4.78 is 5.45. The molecule has 2 N–H and O–H groups in total. The molecule has 0 aliphatic heterocycles. The van der Waals surface area contributed by atoms with Gasteiger partial charge in [-0.25, -0.2) is 0 Å². The van der Waals surface area contributed by atoms with Crippen LogP contribution in [0.5, 0.6) is 5.75 Å². The van der Waals surface area contributed by atoms with E-state index in [4.69, 9.17) is 4.74 Å². The summed E-state index contributed by atoms with van der Waals surface area (Å²) in [6.07, 6.45) is 1.02. The molecule has 2 aromatic carbocycles. The second kappa shape index (κ2) is 8.96. The van der Waals surface area contributed by atoms with Crippen LogP contribution in [0.15, 0.2) is 54.6 Å². The summed E-state index contributed by atoms with van der Waals surface area (Å²) in [6.45, 7) is 2.51. The molecule has 1 amide bonds. The first-order valence-electron chi connectivity index (χ1n) is 7.90. The molecule has 0 bridgehead atoms. The van der Waals surface area contributed by atoms with Gasteiger partial charge in [0.25, 0.3) is 5.91 Å². The summed E-state index contributed by atoms with van der Waals surface area (Å²) >= 11 is 0. The Balaban J connectivity index is 1.69. The Kier molecular flexibility index (Phi) is 6.63. The van der Waals surface area contributed by atoms with Crippen molar-refractivity contribution in [2.45, 2.75) is 25.9 Å². The molecule has 4 heteroatoms. The van der Waals surface area contributed by atoms with Crippen LogP contribution in [0, 0.1) is 0 Å². The van der Waals surface area contributed by atoms with Crippen molar-refractivity contribution in [3.8, 4) is 5.75 Å². The highest BCUT2D eigenvalue weighted by Gasteiger charge is 2.06. The molecule has 2 rings (SSSR count). The number of amides is 1. The number of aliphatic hydroxyl groups is 1. The molecule has 0 radical (unpaired) electrons. The highest BCUT2D eigenvalue weighted by Crippen LogP contribution is 2.19. The van der Waals surface area contributed by atoms with Gasteiger partial charge in [-0.3, -0.25) is 4.79 Å². The molecule has 2 aromatic rings. The number of nitrogens with one attached hydrogen (secondary N) is 1. The fourth-order valence-corrected chi connectivity index (χ4v) is 2.21. The molecule has 0 aromatic heterocycles. The molecule has 1 unspecified atom stereocenters. The fourth-order valence-electron chi connectivity index (χ4n) is 2.21. The molecule has 0 aliphatic carbocycles. The number of rotatable bonds is 8. The van der Waals surface area contributed by atoms with E-state index < -0.39 is 6.10 Å². The van der Waals surface area contributed by atoms with Gasteiger partial charge in [-0.1, -0.05) is 49.4 Å². The third-order valence-electron chi connectivity index (χ3n) is 3.60. The van der Waals surface area contributed by atoms with E-state index in [9.17, 15) is 9.90 Å². The first-order chi connectivity index (χ1) is 11.2. The Labute approximate surface area is 137 Å². The lowest BCUT2D eigenvalue weighted by atomic mass is 10.1. The van der Waals surface area contributed by atoms with Gasteiger partial charge in [-0.15, -0.1) is 0 Å². The minimum atomic E-state index is -0.453. The van der Waals surface area contributed by atoms with Crippen molar-refractivity contribution in [3.05, 3.63) is 65.7 Å². The van der Waals surface area contributed by atoms with Crippen LogP contribution in [-0.4, -0.2) is 24.2 Å². The standard InChI is InChI=1S/C19H23NO3/c1-2-18(21)16-8-10-17(11-9-16)23-14-19(22)20-13-12-15-6-4-3-5-7-15/h3-11,18,21H,2,12-14H2,1H3,(H,20,22). The summed E-state index contributed by atoms with van der Waals surface area (Å²) in [5, 5.41) is 12.6. The predicted octanol–water partition coefficient (Wildman–Crippen LogP) is 2.87. The smallest absolute Gasteiger partial charge is 0.257 e. The summed E-state index contributed by atoms with van der Waals surface area (Å²) in [7, 11) is 0.